The fourth-order valence-corrected chi connectivity index (χ4v) is 11.1. The summed E-state index contributed by atoms with van der Waals surface area (Å²) in [6.45, 7) is 3.51. The van der Waals surface area contributed by atoms with Crippen LogP contribution in [0.4, 0.5) is 44.6 Å². The SMILES string of the molecule is COCCCOC1=CC(=[N+](c2ccc3ccccc3c2)c2ccc3ccccc3c2)C=C(O)C1=C1C(=O)C(c2c(O)cc(N(c3ccc4ccccc4c3)c3ccc4ccccc4c3)cc2OCCCOC(=O)Nc2ccc(C)c(NC(C)=O)c2)=C1[O-]. The van der Waals surface area contributed by atoms with Crippen molar-refractivity contribution < 1.29 is 48.7 Å². The minimum absolute atomic E-state index is 0.000966. The van der Waals surface area contributed by atoms with Gasteiger partial charge >= 0.3 is 6.09 Å². The Labute approximate surface area is 502 Å². The minimum atomic E-state index is -0.753. The van der Waals surface area contributed by atoms with Crippen molar-refractivity contribution in [3.8, 4) is 11.5 Å². The van der Waals surface area contributed by atoms with Gasteiger partial charge in [0.2, 0.25) is 23.0 Å². The number of ketones is 1. The number of nitrogens with one attached hydrogen (secondary N) is 2. The molecule has 2 aliphatic carbocycles. The maximum atomic E-state index is 15.1. The van der Waals surface area contributed by atoms with E-state index in [1.54, 1.807) is 37.5 Å². The molecule has 2 amide bonds. The van der Waals surface area contributed by atoms with E-state index in [0.717, 1.165) is 71.4 Å². The number of carbonyl (C=O) groups is 3. The molecule has 0 fully saturated rings. The second-order valence-electron chi connectivity index (χ2n) is 21.2. The van der Waals surface area contributed by atoms with Crippen LogP contribution in [-0.2, 0) is 23.8 Å². The van der Waals surface area contributed by atoms with Crippen LogP contribution in [0.5, 0.6) is 11.5 Å². The molecule has 10 aromatic rings. The van der Waals surface area contributed by atoms with E-state index in [4.69, 9.17) is 18.9 Å². The number of Topliss-reactive ketones (excluding diaryl/α,β-unsaturated/α-hetero) is 1. The van der Waals surface area contributed by atoms with Gasteiger partial charge in [-0.1, -0.05) is 121 Å². The van der Waals surface area contributed by atoms with Gasteiger partial charge in [0.25, 0.3) is 0 Å². The lowest BCUT2D eigenvalue weighted by Crippen LogP contribution is -2.32. The molecule has 0 heterocycles. The molecule has 10 aromatic carbocycles. The first kappa shape index (κ1) is 56.5. The highest BCUT2D eigenvalue weighted by atomic mass is 16.5. The summed E-state index contributed by atoms with van der Waals surface area (Å²) in [6.07, 6.45) is 3.10. The van der Waals surface area contributed by atoms with E-state index in [1.807, 2.05) is 174 Å². The predicted molar refractivity (Wildman–Crippen MR) is 343 cm³/mol. The summed E-state index contributed by atoms with van der Waals surface area (Å²) in [5.41, 5.74) is 4.79. The van der Waals surface area contributed by atoms with Crippen LogP contribution in [0.1, 0.15) is 30.9 Å². The van der Waals surface area contributed by atoms with Crippen molar-refractivity contribution in [3.63, 3.8) is 0 Å². The quantitative estimate of drug-likeness (QED) is 0.0364. The Morgan fingerprint density at radius 1 is 0.552 bits per heavy atom. The number of methoxy groups -OCH3 is 1. The third-order valence-corrected chi connectivity index (χ3v) is 15.3. The summed E-state index contributed by atoms with van der Waals surface area (Å²) < 4.78 is 25.9. The number of amides is 2. The molecule has 0 radical (unpaired) electrons. The molecule has 0 saturated carbocycles. The van der Waals surface area contributed by atoms with E-state index >= 15 is 9.90 Å². The number of benzene rings is 10. The smallest absolute Gasteiger partial charge is 0.411 e. The molecule has 12 rings (SSSR count). The molecule has 0 atom stereocenters. The Morgan fingerprint density at radius 2 is 1.09 bits per heavy atom. The van der Waals surface area contributed by atoms with E-state index in [0.29, 0.717) is 35.8 Å². The van der Waals surface area contributed by atoms with Crippen molar-refractivity contribution in [1.29, 1.82) is 0 Å². The van der Waals surface area contributed by atoms with Gasteiger partial charge in [0.05, 0.1) is 48.8 Å². The Kier molecular flexibility index (Phi) is 16.0. The highest BCUT2D eigenvalue weighted by molar-refractivity contribution is 6.40. The second kappa shape index (κ2) is 24.7. The molecule has 2 aliphatic rings. The van der Waals surface area contributed by atoms with Crippen molar-refractivity contribution >= 4 is 112 Å². The molecule has 0 unspecified atom stereocenters. The zero-order chi connectivity index (χ0) is 60.1. The van der Waals surface area contributed by atoms with Crippen LogP contribution in [0.15, 0.2) is 241 Å². The highest BCUT2D eigenvalue weighted by Crippen LogP contribution is 2.50. The number of hydrogen-bond acceptors (Lipinski definition) is 11. The molecule has 0 bridgehead atoms. The molecule has 0 spiro atoms. The molecule has 0 aliphatic heterocycles. The van der Waals surface area contributed by atoms with E-state index in [9.17, 15) is 19.8 Å². The number of nitrogens with zero attached hydrogens (tertiary/aromatic N) is 2. The molecular weight excluding hydrogens is 1090 g/mol. The molecule has 14 heteroatoms. The normalized spacial score (nSPS) is 14.0. The summed E-state index contributed by atoms with van der Waals surface area (Å²) in [7, 11) is 1.58. The number of hydrogen-bond donors (Lipinski definition) is 4. The number of rotatable bonds is 18. The average molecular weight is 1150 g/mol. The Morgan fingerprint density at radius 3 is 1.66 bits per heavy atom. The number of ether oxygens (including phenoxy) is 4. The largest absolute Gasteiger partial charge is 0.871 e. The van der Waals surface area contributed by atoms with Crippen LogP contribution >= 0.6 is 0 Å². The minimum Gasteiger partial charge on any atom is -0.871 e. The third kappa shape index (κ3) is 11.8. The summed E-state index contributed by atoms with van der Waals surface area (Å²) in [4.78, 5) is 41.9. The van der Waals surface area contributed by atoms with Gasteiger partial charge in [-0.05, 0) is 104 Å². The van der Waals surface area contributed by atoms with Crippen LogP contribution in [0.2, 0.25) is 0 Å². The molecule has 432 valence electrons. The van der Waals surface area contributed by atoms with Gasteiger partial charge in [0, 0.05) is 104 Å². The fourth-order valence-electron chi connectivity index (χ4n) is 11.1. The maximum Gasteiger partial charge on any atom is 0.411 e. The van der Waals surface area contributed by atoms with Crippen molar-refractivity contribution in [2.45, 2.75) is 26.7 Å². The number of allylic oxidation sites excluding steroid dienone is 4. The topological polar surface area (TPSA) is 182 Å². The standard InChI is InChI=1S/C73H60N4O10/c1-45-22-27-55(40-62(45)74-46(2)78)75-73(83)87-35-13-34-86-66-44-61(77(58-30-25-49-16-6-10-20-53(49)38-58)59-31-26-50-17-7-11-21-54(50)39-59)42-64(80)68(66)70-71(81)69(72(70)82)67-63(79)41-60(43-65(67)85-33-12-32-84-3)76(56-28-23-47-14-4-8-18-51(47)36-56)57-29-24-48-15-5-9-19-52(48)37-57/h4-11,14-31,36-44H,12-13,32-35H2,1-3H3,(H4,74,75,78,79,80,81,82,83). The van der Waals surface area contributed by atoms with E-state index < -0.39 is 23.4 Å². The van der Waals surface area contributed by atoms with Gasteiger partial charge < -0.3 is 44.5 Å². The van der Waals surface area contributed by atoms with Gasteiger partial charge in [-0.25, -0.2) is 4.79 Å². The maximum absolute atomic E-state index is 15.1. The van der Waals surface area contributed by atoms with Gasteiger partial charge in [0.15, 0.2) is 5.78 Å². The molecule has 4 N–H and O–H groups in total. The van der Waals surface area contributed by atoms with Crippen LogP contribution in [0.3, 0.4) is 0 Å². The van der Waals surface area contributed by atoms with Gasteiger partial charge in [0.1, 0.15) is 23.0 Å². The van der Waals surface area contributed by atoms with E-state index in [2.05, 4.69) is 22.8 Å². The van der Waals surface area contributed by atoms with Crippen molar-refractivity contribution in [3.05, 3.63) is 252 Å². The number of carbonyl (C=O) groups excluding carboxylic acids is 3. The molecular formula is C73H60N4O10. The number of fused-ring (bicyclic) bond motifs is 4. The predicted octanol–water partition coefficient (Wildman–Crippen LogP) is 15.1. The lowest BCUT2D eigenvalue weighted by molar-refractivity contribution is -0.297. The van der Waals surface area contributed by atoms with Gasteiger partial charge in [-0.15, -0.1) is 0 Å². The molecule has 0 saturated heterocycles. The summed E-state index contributed by atoms with van der Waals surface area (Å²) in [6, 6.07) is 64.5. The molecule has 14 nitrogen and oxygen atoms in total. The van der Waals surface area contributed by atoms with Crippen molar-refractivity contribution in [2.24, 2.45) is 0 Å². The van der Waals surface area contributed by atoms with Crippen molar-refractivity contribution in [1.82, 2.24) is 4.58 Å². The average Bonchev–Trinajstić information content (AvgIpc) is 0.759. The third-order valence-electron chi connectivity index (χ3n) is 15.3. The lowest BCUT2D eigenvalue weighted by atomic mass is 9.78. The van der Waals surface area contributed by atoms with Gasteiger partial charge in [-0.2, -0.15) is 4.58 Å². The Balaban J connectivity index is 0.951. The molecule has 0 aromatic heterocycles. The van der Waals surface area contributed by atoms with E-state index in [1.165, 1.54) is 19.1 Å². The Hall–Kier alpha value is -11.0. The second-order valence-corrected chi connectivity index (χ2v) is 21.2. The summed E-state index contributed by atoms with van der Waals surface area (Å²) in [5.74, 6) is -2.48. The van der Waals surface area contributed by atoms with Crippen LogP contribution in [0.25, 0.3) is 48.7 Å². The number of aryl methyl sites for hydroxylation is 1. The first-order valence-corrected chi connectivity index (χ1v) is 28.6. The van der Waals surface area contributed by atoms with Crippen LogP contribution < -0.4 is 30.0 Å². The zero-order valence-electron chi connectivity index (χ0n) is 48.0. The van der Waals surface area contributed by atoms with Crippen LogP contribution in [-0.4, -0.2) is 67.2 Å². The monoisotopic (exact) mass is 1150 g/mol. The first-order valence-electron chi connectivity index (χ1n) is 28.6. The van der Waals surface area contributed by atoms with Crippen molar-refractivity contribution in [2.75, 3.05) is 49.1 Å². The number of anilines is 5. The van der Waals surface area contributed by atoms with Gasteiger partial charge in [-0.3, -0.25) is 14.9 Å². The Bertz CT molecular complexity index is 4420. The van der Waals surface area contributed by atoms with Crippen LogP contribution in [0, 0.1) is 6.92 Å². The van der Waals surface area contributed by atoms with E-state index in [-0.39, 0.29) is 71.7 Å². The lowest BCUT2D eigenvalue weighted by Gasteiger charge is -2.35. The highest BCUT2D eigenvalue weighted by Gasteiger charge is 2.39. The first-order chi connectivity index (χ1) is 42.4. The number of aliphatic hydroxyl groups is 1. The summed E-state index contributed by atoms with van der Waals surface area (Å²) in [5, 5.41) is 53.5. The molecule has 87 heavy (non-hydrogen) atoms. The fraction of sp³-hybridized carbons (Fsp3) is 0.123. The number of aliphatic hydroxyl groups excluding tert-OH is 1. The number of phenols is 1. The number of phenolic OH excluding ortho intramolecular Hbond substituents is 1. The summed E-state index contributed by atoms with van der Waals surface area (Å²) >= 11 is 0. The zero-order valence-corrected chi connectivity index (χ0v) is 48.0. The number of aromatic hydroxyl groups is 1.